The molecule has 0 aliphatic heterocycles. The van der Waals surface area contributed by atoms with Crippen molar-refractivity contribution < 1.29 is 9.53 Å². The summed E-state index contributed by atoms with van der Waals surface area (Å²) in [6.07, 6.45) is 1.61. The number of nitrogens with one attached hydrogen (secondary N) is 2. The lowest BCUT2D eigenvalue weighted by Gasteiger charge is -2.02. The van der Waals surface area contributed by atoms with Crippen molar-refractivity contribution in [1.82, 2.24) is 15.5 Å². The number of H-pyrrole nitrogens is 1. The zero-order valence-electron chi connectivity index (χ0n) is 9.46. The van der Waals surface area contributed by atoms with Crippen LogP contribution in [0, 0.1) is 11.8 Å². The van der Waals surface area contributed by atoms with Crippen molar-refractivity contribution in [1.29, 1.82) is 0 Å². The topological polar surface area (TPSA) is 67.0 Å². The van der Waals surface area contributed by atoms with E-state index in [1.165, 1.54) is 0 Å². The number of hydrogen-bond acceptors (Lipinski definition) is 4. The third-order valence-electron chi connectivity index (χ3n) is 1.90. The van der Waals surface area contributed by atoms with E-state index >= 15 is 0 Å². The van der Waals surface area contributed by atoms with Crippen LogP contribution in [0.4, 0.5) is 0 Å². The third kappa shape index (κ3) is 3.41. The van der Waals surface area contributed by atoms with Crippen molar-refractivity contribution >= 4 is 5.97 Å². The Bertz CT molecular complexity index is 401. The average Bonchev–Trinajstić information content (AvgIpc) is 2.73. The third-order valence-corrected chi connectivity index (χ3v) is 1.90. The zero-order chi connectivity index (χ0) is 11.8. The van der Waals surface area contributed by atoms with Gasteiger partial charge in [-0.3, -0.25) is 5.10 Å². The van der Waals surface area contributed by atoms with E-state index in [2.05, 4.69) is 27.4 Å². The predicted molar refractivity (Wildman–Crippen MR) is 59.7 cm³/mol. The van der Waals surface area contributed by atoms with Crippen molar-refractivity contribution in [3.63, 3.8) is 0 Å². The van der Waals surface area contributed by atoms with Crippen molar-refractivity contribution in [2.75, 3.05) is 13.2 Å². The van der Waals surface area contributed by atoms with Crippen LogP contribution in [0.1, 0.15) is 29.9 Å². The maximum absolute atomic E-state index is 11.5. The normalized spacial score (nSPS) is 9.38. The molecule has 86 valence electrons. The number of rotatable bonds is 5. The first-order valence-electron chi connectivity index (χ1n) is 5.09. The van der Waals surface area contributed by atoms with E-state index in [0.717, 1.165) is 5.56 Å². The number of aromatic amines is 1. The first-order valence-corrected chi connectivity index (χ1v) is 5.09. The molecule has 1 aromatic heterocycles. The van der Waals surface area contributed by atoms with Gasteiger partial charge >= 0.3 is 5.97 Å². The van der Waals surface area contributed by atoms with Gasteiger partial charge in [0.25, 0.3) is 0 Å². The van der Waals surface area contributed by atoms with Crippen LogP contribution in [0.2, 0.25) is 0 Å². The molecule has 0 fully saturated rings. The molecule has 1 aromatic rings. The first-order chi connectivity index (χ1) is 7.79. The lowest BCUT2D eigenvalue weighted by molar-refractivity contribution is 0.0518. The second-order valence-electron chi connectivity index (χ2n) is 3.02. The van der Waals surface area contributed by atoms with E-state index in [-0.39, 0.29) is 5.97 Å². The average molecular weight is 221 g/mol. The lowest BCUT2D eigenvalue weighted by Crippen LogP contribution is -2.16. The maximum atomic E-state index is 11.5. The second kappa shape index (κ2) is 6.64. The molecule has 0 bridgehead atoms. The largest absolute Gasteiger partial charge is 0.461 e. The fraction of sp³-hybridized carbons (Fsp3) is 0.455. The van der Waals surface area contributed by atoms with Gasteiger partial charge in [-0.2, -0.15) is 5.10 Å². The molecule has 1 rings (SSSR count). The monoisotopic (exact) mass is 221 g/mol. The summed E-state index contributed by atoms with van der Waals surface area (Å²) in [4.78, 5) is 11.5. The van der Waals surface area contributed by atoms with E-state index in [1.54, 1.807) is 20.0 Å². The van der Waals surface area contributed by atoms with Crippen LogP contribution in [-0.2, 0) is 11.3 Å². The summed E-state index contributed by atoms with van der Waals surface area (Å²) in [6, 6.07) is 0. The molecule has 5 nitrogen and oxygen atoms in total. The Kier molecular flexibility index (Phi) is 5.09. The number of ether oxygens (including phenoxy) is 1. The molecule has 0 atom stereocenters. The molecule has 0 saturated heterocycles. The lowest BCUT2D eigenvalue weighted by atomic mass is 10.2. The Balaban J connectivity index is 2.55. The predicted octanol–water partition coefficient (Wildman–Crippen LogP) is 0.699. The maximum Gasteiger partial charge on any atom is 0.356 e. The molecule has 1 heterocycles. The smallest absolute Gasteiger partial charge is 0.356 e. The SMILES string of the molecule is CC#CCNCc1cn[nH]c1C(=O)OCC. The Morgan fingerprint density at radius 1 is 1.69 bits per heavy atom. The molecule has 0 spiro atoms. The van der Waals surface area contributed by atoms with Gasteiger partial charge in [-0.05, 0) is 13.8 Å². The Labute approximate surface area is 94.6 Å². The molecule has 0 aromatic carbocycles. The minimum absolute atomic E-state index is 0.353. The van der Waals surface area contributed by atoms with Gasteiger partial charge in [-0.25, -0.2) is 4.79 Å². The molecule has 0 saturated carbocycles. The van der Waals surface area contributed by atoms with Gasteiger partial charge in [0, 0.05) is 12.1 Å². The van der Waals surface area contributed by atoms with Gasteiger partial charge in [0.2, 0.25) is 0 Å². The van der Waals surface area contributed by atoms with Gasteiger partial charge in [0.1, 0.15) is 5.69 Å². The molecule has 0 radical (unpaired) electrons. The second-order valence-corrected chi connectivity index (χ2v) is 3.02. The summed E-state index contributed by atoms with van der Waals surface area (Å²) >= 11 is 0. The Morgan fingerprint density at radius 3 is 3.19 bits per heavy atom. The van der Waals surface area contributed by atoms with E-state index in [9.17, 15) is 4.79 Å². The van der Waals surface area contributed by atoms with E-state index in [0.29, 0.717) is 25.4 Å². The minimum atomic E-state index is -0.377. The van der Waals surface area contributed by atoms with Crippen molar-refractivity contribution in [2.24, 2.45) is 0 Å². The highest BCUT2D eigenvalue weighted by molar-refractivity contribution is 5.88. The molecule has 0 unspecified atom stereocenters. The Hall–Kier alpha value is -1.80. The summed E-state index contributed by atoms with van der Waals surface area (Å²) in [5, 5.41) is 9.54. The molecule has 0 aliphatic rings. The highest BCUT2D eigenvalue weighted by Crippen LogP contribution is 2.05. The van der Waals surface area contributed by atoms with Crippen molar-refractivity contribution in [2.45, 2.75) is 20.4 Å². The number of carbonyl (C=O) groups excluding carboxylic acids is 1. The number of esters is 1. The summed E-state index contributed by atoms with van der Waals surface area (Å²) in [5.41, 5.74) is 1.19. The van der Waals surface area contributed by atoms with Gasteiger partial charge in [-0.15, -0.1) is 5.92 Å². The molecular formula is C11H15N3O2. The van der Waals surface area contributed by atoms with Gasteiger partial charge in [0.15, 0.2) is 0 Å². The van der Waals surface area contributed by atoms with Crippen LogP contribution in [0.5, 0.6) is 0 Å². The van der Waals surface area contributed by atoms with E-state index in [4.69, 9.17) is 4.74 Å². The molecule has 0 aliphatic carbocycles. The van der Waals surface area contributed by atoms with Gasteiger partial charge in [-0.1, -0.05) is 5.92 Å². The highest BCUT2D eigenvalue weighted by atomic mass is 16.5. The molecule has 0 amide bonds. The highest BCUT2D eigenvalue weighted by Gasteiger charge is 2.13. The standard InChI is InChI=1S/C11H15N3O2/c1-3-5-6-12-7-9-8-13-14-10(9)11(15)16-4-2/h8,12H,4,6-7H2,1-2H3,(H,13,14). The fourth-order valence-corrected chi connectivity index (χ4v) is 1.17. The van der Waals surface area contributed by atoms with Crippen LogP contribution in [0.25, 0.3) is 0 Å². The minimum Gasteiger partial charge on any atom is -0.461 e. The molecular weight excluding hydrogens is 206 g/mol. The Morgan fingerprint density at radius 2 is 2.50 bits per heavy atom. The van der Waals surface area contributed by atoms with E-state index in [1.807, 2.05) is 0 Å². The quantitative estimate of drug-likeness (QED) is 0.436. The fourth-order valence-electron chi connectivity index (χ4n) is 1.17. The molecule has 2 N–H and O–H groups in total. The van der Waals surface area contributed by atoms with Crippen LogP contribution in [0.15, 0.2) is 6.20 Å². The number of carbonyl (C=O) groups is 1. The summed E-state index contributed by atoms with van der Waals surface area (Å²) in [6.45, 7) is 5.03. The number of hydrogen-bond donors (Lipinski definition) is 2. The summed E-state index contributed by atoms with van der Waals surface area (Å²) < 4.78 is 4.89. The van der Waals surface area contributed by atoms with Crippen molar-refractivity contribution in [3.05, 3.63) is 17.5 Å². The van der Waals surface area contributed by atoms with Crippen molar-refractivity contribution in [3.8, 4) is 11.8 Å². The summed E-state index contributed by atoms with van der Waals surface area (Å²) in [5.74, 6) is 5.28. The first kappa shape index (κ1) is 12.3. The molecule has 5 heteroatoms. The number of nitrogens with zero attached hydrogens (tertiary/aromatic N) is 1. The van der Waals surface area contributed by atoms with Crippen LogP contribution >= 0.6 is 0 Å². The van der Waals surface area contributed by atoms with Crippen LogP contribution in [-0.4, -0.2) is 29.3 Å². The number of aromatic nitrogens is 2. The zero-order valence-corrected chi connectivity index (χ0v) is 9.46. The van der Waals surface area contributed by atoms with E-state index < -0.39 is 0 Å². The van der Waals surface area contributed by atoms with Crippen LogP contribution < -0.4 is 5.32 Å². The summed E-state index contributed by atoms with van der Waals surface area (Å²) in [7, 11) is 0. The van der Waals surface area contributed by atoms with Gasteiger partial charge in [0.05, 0.1) is 19.3 Å². The van der Waals surface area contributed by atoms with Gasteiger partial charge < -0.3 is 10.1 Å². The van der Waals surface area contributed by atoms with Crippen LogP contribution in [0.3, 0.4) is 0 Å². The molecule has 16 heavy (non-hydrogen) atoms.